The second-order valence-corrected chi connectivity index (χ2v) is 7.99. The molecule has 5 nitrogen and oxygen atoms in total. The summed E-state index contributed by atoms with van der Waals surface area (Å²) in [4.78, 5) is 7.02. The average molecular weight is 466 g/mol. The fraction of sp³-hybridized carbons (Fsp3) is 0.947. The highest BCUT2D eigenvalue weighted by molar-refractivity contribution is 14.0. The zero-order chi connectivity index (χ0) is 17.4. The van der Waals surface area contributed by atoms with E-state index in [0.717, 1.165) is 38.0 Å². The minimum absolute atomic E-state index is 0. The molecule has 0 amide bonds. The topological polar surface area (TPSA) is 48.9 Å². The van der Waals surface area contributed by atoms with Crippen LogP contribution >= 0.6 is 24.0 Å². The highest BCUT2D eigenvalue weighted by Crippen LogP contribution is 2.43. The summed E-state index contributed by atoms with van der Waals surface area (Å²) in [7, 11) is 3.66. The molecule has 0 aromatic carbocycles. The summed E-state index contributed by atoms with van der Waals surface area (Å²) in [5.41, 5.74) is 0.418. The van der Waals surface area contributed by atoms with Crippen LogP contribution in [0.15, 0.2) is 4.99 Å². The van der Waals surface area contributed by atoms with Crippen LogP contribution in [0.1, 0.15) is 52.4 Å². The van der Waals surface area contributed by atoms with Crippen LogP contribution in [-0.2, 0) is 4.74 Å². The van der Waals surface area contributed by atoms with E-state index < -0.39 is 0 Å². The number of hydrogen-bond acceptors (Lipinski definition) is 3. The first kappa shape index (κ1) is 23.0. The number of piperidine rings is 1. The number of halogens is 1. The number of aliphatic imine (C=N–C) groups is 1. The molecule has 2 N–H and O–H groups in total. The van der Waals surface area contributed by atoms with E-state index in [9.17, 15) is 0 Å². The van der Waals surface area contributed by atoms with Crippen molar-refractivity contribution in [2.45, 2.75) is 58.4 Å². The molecule has 2 aliphatic rings. The van der Waals surface area contributed by atoms with E-state index in [1.54, 1.807) is 7.11 Å². The van der Waals surface area contributed by atoms with Crippen LogP contribution in [-0.4, -0.2) is 63.8 Å². The summed E-state index contributed by atoms with van der Waals surface area (Å²) in [5.74, 6) is 1.77. The minimum atomic E-state index is 0. The number of rotatable bonds is 8. The average Bonchev–Trinajstić information content (AvgIpc) is 2.55. The summed E-state index contributed by atoms with van der Waals surface area (Å²) in [6.07, 6.45) is 7.83. The number of hydrogen-bond donors (Lipinski definition) is 2. The molecule has 0 bridgehead atoms. The van der Waals surface area contributed by atoms with Gasteiger partial charge in [-0.3, -0.25) is 9.89 Å². The molecule has 25 heavy (non-hydrogen) atoms. The maximum atomic E-state index is 5.28. The van der Waals surface area contributed by atoms with Gasteiger partial charge in [0.05, 0.1) is 0 Å². The number of nitrogens with one attached hydrogen (secondary N) is 2. The predicted octanol–water partition coefficient (Wildman–Crippen LogP) is 3.10. The van der Waals surface area contributed by atoms with E-state index in [2.05, 4.69) is 34.4 Å². The zero-order valence-electron chi connectivity index (χ0n) is 16.6. The van der Waals surface area contributed by atoms with Crippen molar-refractivity contribution in [2.24, 2.45) is 16.3 Å². The molecule has 1 saturated heterocycles. The summed E-state index contributed by atoms with van der Waals surface area (Å²) in [5, 5.41) is 7.08. The van der Waals surface area contributed by atoms with Crippen molar-refractivity contribution in [2.75, 3.05) is 46.9 Å². The first-order chi connectivity index (χ1) is 11.6. The molecule has 0 aromatic rings. The predicted molar refractivity (Wildman–Crippen MR) is 117 cm³/mol. The van der Waals surface area contributed by atoms with E-state index in [4.69, 9.17) is 4.74 Å². The van der Waals surface area contributed by atoms with Crippen LogP contribution in [0.5, 0.6) is 0 Å². The molecule has 2 unspecified atom stereocenters. The van der Waals surface area contributed by atoms with Crippen molar-refractivity contribution in [1.29, 1.82) is 0 Å². The Hall–Kier alpha value is -0.0800. The van der Waals surface area contributed by atoms with Gasteiger partial charge >= 0.3 is 0 Å². The van der Waals surface area contributed by atoms with Crippen LogP contribution in [0.2, 0.25) is 0 Å². The third-order valence-corrected chi connectivity index (χ3v) is 5.98. The van der Waals surface area contributed by atoms with Crippen LogP contribution in [0.25, 0.3) is 0 Å². The molecule has 2 fully saturated rings. The summed E-state index contributed by atoms with van der Waals surface area (Å²) >= 11 is 0. The third-order valence-electron chi connectivity index (χ3n) is 5.98. The molecular weight excluding hydrogens is 427 g/mol. The van der Waals surface area contributed by atoms with Gasteiger partial charge in [-0.05, 0) is 56.9 Å². The Labute approximate surface area is 171 Å². The maximum Gasteiger partial charge on any atom is 0.191 e. The van der Waals surface area contributed by atoms with Gasteiger partial charge in [-0.25, -0.2) is 0 Å². The minimum Gasteiger partial charge on any atom is -0.385 e. The van der Waals surface area contributed by atoms with Gasteiger partial charge in [0.25, 0.3) is 0 Å². The zero-order valence-corrected chi connectivity index (χ0v) is 19.0. The lowest BCUT2D eigenvalue weighted by Gasteiger charge is -2.42. The Kier molecular flexibility index (Phi) is 10.6. The number of likely N-dealkylation sites (tertiary alicyclic amines) is 1. The van der Waals surface area contributed by atoms with Gasteiger partial charge in [-0.15, -0.1) is 24.0 Å². The van der Waals surface area contributed by atoms with Gasteiger partial charge in [0.15, 0.2) is 5.96 Å². The first-order valence-electron chi connectivity index (χ1n) is 9.76. The van der Waals surface area contributed by atoms with Gasteiger partial charge in [0.2, 0.25) is 0 Å². The van der Waals surface area contributed by atoms with E-state index in [0.29, 0.717) is 11.5 Å². The third kappa shape index (κ3) is 7.21. The molecule has 1 heterocycles. The quantitative estimate of drug-likeness (QED) is 0.328. The number of guanidine groups is 1. The monoisotopic (exact) mass is 466 g/mol. The SMILES string of the molecule is CN=C(NCC(C)N1CCCC(C)C1)NCC1(CCOC)CCC1.I. The fourth-order valence-corrected chi connectivity index (χ4v) is 4.00. The second kappa shape index (κ2) is 11.6. The molecule has 148 valence electrons. The Morgan fingerprint density at radius 1 is 1.32 bits per heavy atom. The normalized spacial score (nSPS) is 24.8. The van der Waals surface area contributed by atoms with Crippen molar-refractivity contribution in [3.05, 3.63) is 0 Å². The maximum absolute atomic E-state index is 5.28. The highest BCUT2D eigenvalue weighted by Gasteiger charge is 2.36. The number of ether oxygens (including phenoxy) is 1. The van der Waals surface area contributed by atoms with Crippen molar-refractivity contribution in [3.63, 3.8) is 0 Å². The molecule has 2 atom stereocenters. The van der Waals surface area contributed by atoms with Crippen LogP contribution in [0.3, 0.4) is 0 Å². The van der Waals surface area contributed by atoms with Gasteiger partial charge in [0, 0.05) is 46.4 Å². The summed E-state index contributed by atoms with van der Waals surface area (Å²) < 4.78 is 5.28. The van der Waals surface area contributed by atoms with Crippen molar-refractivity contribution in [1.82, 2.24) is 15.5 Å². The Bertz CT molecular complexity index is 401. The molecule has 0 radical (unpaired) electrons. The van der Waals surface area contributed by atoms with Crippen molar-refractivity contribution >= 4 is 29.9 Å². The molecule has 1 aliphatic carbocycles. The van der Waals surface area contributed by atoms with Crippen molar-refractivity contribution in [3.8, 4) is 0 Å². The summed E-state index contributed by atoms with van der Waals surface area (Å²) in [6.45, 7) is 9.98. The number of methoxy groups -OCH3 is 1. The standard InChI is InChI=1S/C19H38N4O.HI/c1-16-7-5-11-23(14-16)17(2)13-21-18(20-3)22-15-19(8-6-9-19)10-12-24-4;/h16-17H,5-15H2,1-4H3,(H2,20,21,22);1H. The van der Waals surface area contributed by atoms with E-state index in [1.165, 1.54) is 45.2 Å². The van der Waals surface area contributed by atoms with Gasteiger partial charge in [-0.1, -0.05) is 13.3 Å². The lowest BCUT2D eigenvalue weighted by atomic mass is 9.67. The van der Waals surface area contributed by atoms with Crippen LogP contribution in [0.4, 0.5) is 0 Å². The summed E-state index contributed by atoms with van der Waals surface area (Å²) in [6, 6.07) is 0.553. The molecule has 0 aromatic heterocycles. The lowest BCUT2D eigenvalue weighted by Crippen LogP contribution is -2.51. The molecule has 1 saturated carbocycles. The lowest BCUT2D eigenvalue weighted by molar-refractivity contribution is 0.0732. The highest BCUT2D eigenvalue weighted by atomic mass is 127. The molecule has 6 heteroatoms. The smallest absolute Gasteiger partial charge is 0.191 e. The molecule has 0 spiro atoms. The largest absolute Gasteiger partial charge is 0.385 e. The Balaban J connectivity index is 0.00000312. The molecular formula is C19H39IN4O. The van der Waals surface area contributed by atoms with Gasteiger partial charge in [-0.2, -0.15) is 0 Å². The van der Waals surface area contributed by atoms with Crippen LogP contribution in [0, 0.1) is 11.3 Å². The van der Waals surface area contributed by atoms with E-state index in [-0.39, 0.29) is 24.0 Å². The Morgan fingerprint density at radius 2 is 2.08 bits per heavy atom. The van der Waals surface area contributed by atoms with Crippen LogP contribution < -0.4 is 10.6 Å². The fourth-order valence-electron chi connectivity index (χ4n) is 4.00. The Morgan fingerprint density at radius 3 is 2.64 bits per heavy atom. The second-order valence-electron chi connectivity index (χ2n) is 7.99. The van der Waals surface area contributed by atoms with Crippen molar-refractivity contribution < 1.29 is 4.74 Å². The first-order valence-corrected chi connectivity index (χ1v) is 9.76. The van der Waals surface area contributed by atoms with E-state index in [1.807, 2.05) is 7.05 Å². The van der Waals surface area contributed by atoms with Gasteiger partial charge in [0.1, 0.15) is 0 Å². The molecule has 2 rings (SSSR count). The van der Waals surface area contributed by atoms with E-state index >= 15 is 0 Å². The number of nitrogens with zero attached hydrogens (tertiary/aromatic N) is 2. The molecule has 1 aliphatic heterocycles. The van der Waals surface area contributed by atoms with Gasteiger partial charge < -0.3 is 15.4 Å².